The van der Waals surface area contributed by atoms with Gasteiger partial charge in [0, 0.05) is 44.4 Å². The molecule has 0 saturated carbocycles. The third-order valence-electron chi connectivity index (χ3n) is 11.0. The number of methoxy groups -OCH3 is 2. The summed E-state index contributed by atoms with van der Waals surface area (Å²) in [6, 6.07) is 17.6. The quantitative estimate of drug-likeness (QED) is 0.184. The van der Waals surface area contributed by atoms with Crippen LogP contribution < -0.4 is 9.47 Å². The number of nitrogens with one attached hydrogen (secondary N) is 2. The number of hydrogen-bond donors (Lipinski definition) is 2. The van der Waals surface area contributed by atoms with Gasteiger partial charge in [0.15, 0.2) is 0 Å². The van der Waals surface area contributed by atoms with Crippen LogP contribution in [0.2, 0.25) is 0 Å². The Morgan fingerprint density at radius 1 is 0.431 bits per heavy atom. The SMILES string of the molecule is COc1c(C(C)(C)C)cc(-c2c3nc(c(Br)c4ccc([nH]4)c(-c4cc(C(C)(C)C)c(OC)c(C(C)(C)C)c4)c4nc(c(Br)c5ccc2[nH]5)C=C4)C=C3)cc1C(C)(C)C. The van der Waals surface area contributed by atoms with E-state index >= 15 is 0 Å². The van der Waals surface area contributed by atoms with Crippen molar-refractivity contribution in [3.05, 3.63) is 103 Å². The minimum atomic E-state index is -0.170. The number of hydrogen-bond acceptors (Lipinski definition) is 4. The number of nitrogens with zero attached hydrogens (tertiary/aromatic N) is 2. The number of aromatic amines is 2. The van der Waals surface area contributed by atoms with E-state index in [2.05, 4.69) is 198 Å². The molecule has 3 aromatic heterocycles. The van der Waals surface area contributed by atoms with Crippen LogP contribution in [0, 0.1) is 0 Å². The fourth-order valence-corrected chi connectivity index (χ4v) is 8.86. The van der Waals surface area contributed by atoms with Crippen LogP contribution in [0.5, 0.6) is 11.5 Å². The zero-order valence-electron chi connectivity index (χ0n) is 36.4. The number of ether oxygens (including phenoxy) is 2. The van der Waals surface area contributed by atoms with Crippen LogP contribution in [0.1, 0.15) is 128 Å². The van der Waals surface area contributed by atoms with Crippen LogP contribution in [-0.2, 0) is 21.7 Å². The second-order valence-corrected chi connectivity index (χ2v) is 21.2. The van der Waals surface area contributed by atoms with Crippen molar-refractivity contribution in [2.75, 3.05) is 14.2 Å². The van der Waals surface area contributed by atoms with Gasteiger partial charge < -0.3 is 19.4 Å². The van der Waals surface area contributed by atoms with Gasteiger partial charge in [-0.15, -0.1) is 0 Å². The van der Waals surface area contributed by atoms with Gasteiger partial charge in [-0.2, -0.15) is 0 Å². The van der Waals surface area contributed by atoms with E-state index in [1.54, 1.807) is 14.2 Å². The summed E-state index contributed by atoms with van der Waals surface area (Å²) in [6.45, 7) is 26.9. The van der Waals surface area contributed by atoms with Crippen LogP contribution in [-0.4, -0.2) is 34.2 Å². The first-order chi connectivity index (χ1) is 27.0. The lowest BCUT2D eigenvalue weighted by Crippen LogP contribution is -2.19. The first-order valence-electron chi connectivity index (χ1n) is 19.9. The van der Waals surface area contributed by atoms with Crippen molar-refractivity contribution >= 4 is 78.2 Å². The first-order valence-corrected chi connectivity index (χ1v) is 21.5. The van der Waals surface area contributed by atoms with E-state index in [1.807, 2.05) is 0 Å². The van der Waals surface area contributed by atoms with E-state index < -0.39 is 0 Å². The Morgan fingerprint density at radius 2 is 0.707 bits per heavy atom. The molecule has 0 atom stereocenters. The van der Waals surface area contributed by atoms with Gasteiger partial charge in [0.2, 0.25) is 0 Å². The average molecular weight is 905 g/mol. The molecule has 302 valence electrons. The molecule has 6 nitrogen and oxygen atoms in total. The van der Waals surface area contributed by atoms with Crippen LogP contribution >= 0.6 is 31.9 Å². The van der Waals surface area contributed by atoms with E-state index in [4.69, 9.17) is 19.4 Å². The normalized spacial score (nSPS) is 13.4. The fraction of sp³-hybridized carbons (Fsp3) is 0.360. The summed E-state index contributed by atoms with van der Waals surface area (Å²) in [5.41, 5.74) is 15.2. The Morgan fingerprint density at radius 3 is 0.983 bits per heavy atom. The van der Waals surface area contributed by atoms with Gasteiger partial charge in [-0.1, -0.05) is 83.1 Å². The van der Waals surface area contributed by atoms with Crippen molar-refractivity contribution in [2.24, 2.45) is 0 Å². The monoisotopic (exact) mass is 902 g/mol. The average Bonchev–Trinajstić information content (AvgIpc) is 3.97. The van der Waals surface area contributed by atoms with Crippen LogP contribution in [0.15, 0.2) is 57.5 Å². The molecule has 58 heavy (non-hydrogen) atoms. The van der Waals surface area contributed by atoms with E-state index in [0.717, 1.165) is 110 Å². The summed E-state index contributed by atoms with van der Waals surface area (Å²) in [7, 11) is 3.56. The summed E-state index contributed by atoms with van der Waals surface area (Å²) >= 11 is 7.97. The van der Waals surface area contributed by atoms with Gasteiger partial charge in [0.05, 0.1) is 57.0 Å². The van der Waals surface area contributed by atoms with E-state index in [-0.39, 0.29) is 21.7 Å². The fourth-order valence-electron chi connectivity index (χ4n) is 7.96. The molecule has 0 fully saturated rings. The highest BCUT2D eigenvalue weighted by Crippen LogP contribution is 2.46. The lowest BCUT2D eigenvalue weighted by Gasteiger charge is -2.30. The van der Waals surface area contributed by atoms with Gasteiger partial charge in [-0.3, -0.25) is 0 Å². The molecule has 5 heterocycles. The van der Waals surface area contributed by atoms with Crippen molar-refractivity contribution in [2.45, 2.75) is 105 Å². The molecule has 0 spiro atoms. The van der Waals surface area contributed by atoms with Crippen molar-refractivity contribution in [3.8, 4) is 33.8 Å². The molecule has 2 aliphatic heterocycles. The number of halogens is 2. The van der Waals surface area contributed by atoms with Crippen molar-refractivity contribution in [1.82, 2.24) is 19.9 Å². The topological polar surface area (TPSA) is 75.8 Å². The molecular weight excluding hydrogens is 848 g/mol. The van der Waals surface area contributed by atoms with Gasteiger partial charge in [-0.25, -0.2) is 9.97 Å². The molecule has 0 radical (unpaired) electrons. The van der Waals surface area contributed by atoms with E-state index in [0.29, 0.717) is 0 Å². The maximum absolute atomic E-state index is 6.16. The molecule has 2 N–H and O–H groups in total. The Hall–Kier alpha value is -4.40. The minimum Gasteiger partial charge on any atom is -0.496 e. The molecule has 0 saturated heterocycles. The van der Waals surface area contributed by atoms with Crippen molar-refractivity contribution in [3.63, 3.8) is 0 Å². The molecule has 8 heteroatoms. The van der Waals surface area contributed by atoms with Gasteiger partial charge in [0.1, 0.15) is 11.5 Å². The van der Waals surface area contributed by atoms with E-state index in [9.17, 15) is 0 Å². The third kappa shape index (κ3) is 7.63. The summed E-state index contributed by atoms with van der Waals surface area (Å²) in [5.74, 6) is 1.87. The van der Waals surface area contributed by atoms with Crippen molar-refractivity contribution in [1.29, 1.82) is 0 Å². The van der Waals surface area contributed by atoms with Crippen LogP contribution in [0.25, 0.3) is 68.6 Å². The zero-order chi connectivity index (χ0) is 42.3. The highest BCUT2D eigenvalue weighted by molar-refractivity contribution is 9.11. The summed E-state index contributed by atoms with van der Waals surface area (Å²) in [6.07, 6.45) is 8.42. The molecule has 8 bridgehead atoms. The van der Waals surface area contributed by atoms with E-state index in [1.165, 1.54) is 0 Å². The van der Waals surface area contributed by atoms with Gasteiger partial charge in [-0.05, 0) is 137 Å². The molecule has 0 unspecified atom stereocenters. The number of benzene rings is 2. The maximum Gasteiger partial charge on any atom is 0.126 e. The lowest BCUT2D eigenvalue weighted by molar-refractivity contribution is 0.381. The Labute approximate surface area is 360 Å². The molecule has 0 aliphatic carbocycles. The number of rotatable bonds is 4. The number of aromatic nitrogens is 4. The smallest absolute Gasteiger partial charge is 0.126 e. The first kappa shape index (κ1) is 41.7. The zero-order valence-corrected chi connectivity index (χ0v) is 39.6. The van der Waals surface area contributed by atoms with Gasteiger partial charge >= 0.3 is 0 Å². The largest absolute Gasteiger partial charge is 0.496 e. The standard InChI is InChI=1S/C50H56Br2N4O2/c1-47(2,3)29-23-27(24-30(45(29)57-13)48(4,5)6)41-33-15-19-37(53-33)43(51)39-21-17-35(55-39)42(36-18-22-40(56-36)44(52)38-20-16-34(41)54-38)28-25-31(49(7,8)9)46(58-14)32(26-28)50(10,11)12/h15-26,53,56H,1-14H3. The summed E-state index contributed by atoms with van der Waals surface area (Å²) in [4.78, 5) is 18.2. The second-order valence-electron chi connectivity index (χ2n) is 19.6. The van der Waals surface area contributed by atoms with Crippen LogP contribution in [0.4, 0.5) is 0 Å². The van der Waals surface area contributed by atoms with Crippen LogP contribution in [0.3, 0.4) is 0 Å². The summed E-state index contributed by atoms with van der Waals surface area (Å²) in [5, 5.41) is 0. The maximum atomic E-state index is 6.16. The predicted octanol–water partition coefficient (Wildman–Crippen LogP) is 14.7. The minimum absolute atomic E-state index is 0.170. The lowest BCUT2D eigenvalue weighted by atomic mass is 9.77. The Bertz CT molecular complexity index is 2440. The van der Waals surface area contributed by atoms with Gasteiger partial charge in [0.25, 0.3) is 0 Å². The molecule has 2 aliphatic rings. The molecule has 2 aromatic carbocycles. The predicted molar refractivity (Wildman–Crippen MR) is 253 cm³/mol. The third-order valence-corrected chi connectivity index (χ3v) is 12.7. The molecule has 7 rings (SSSR count). The number of fused-ring (bicyclic) bond motifs is 8. The highest BCUT2D eigenvalue weighted by atomic mass is 79.9. The van der Waals surface area contributed by atoms with Crippen molar-refractivity contribution < 1.29 is 9.47 Å². The molecule has 0 amide bonds. The Balaban J connectivity index is 1.61. The number of H-pyrrole nitrogens is 2. The second kappa shape index (κ2) is 14.7. The summed E-state index contributed by atoms with van der Waals surface area (Å²) < 4.78 is 14.1. The molecular formula is C50H56Br2N4O2. The molecule has 5 aromatic rings. The Kier molecular flexibility index (Phi) is 10.6. The highest BCUT2D eigenvalue weighted by Gasteiger charge is 2.31.